The number of benzene rings is 1. The van der Waals surface area contributed by atoms with E-state index in [-0.39, 0.29) is 11.8 Å². The highest BCUT2D eigenvalue weighted by Crippen LogP contribution is 2.14. The van der Waals surface area contributed by atoms with Crippen molar-refractivity contribution in [2.45, 2.75) is 32.1 Å². The number of nitrogens with one attached hydrogen (secondary N) is 1. The predicted molar refractivity (Wildman–Crippen MR) is 70.8 cm³/mol. The van der Waals surface area contributed by atoms with Crippen molar-refractivity contribution >= 4 is 5.91 Å². The summed E-state index contributed by atoms with van der Waals surface area (Å²) in [6.07, 6.45) is 3.12. The lowest BCUT2D eigenvalue weighted by molar-refractivity contribution is -0.122. The van der Waals surface area contributed by atoms with Gasteiger partial charge in [0.15, 0.2) is 0 Å². The summed E-state index contributed by atoms with van der Waals surface area (Å²) in [5, 5.41) is 2.96. The number of amides is 1. The fraction of sp³-hybridized carbons (Fsp3) is 0.500. The maximum Gasteiger partial charge on any atom is 0.227 e. The Labute approximate surface area is 103 Å². The molecule has 0 spiro atoms. The SMILES string of the molecule is CC(C(=O)NCCCCCN)c1ccccc1. The third-order valence-electron chi connectivity index (χ3n) is 2.87. The Morgan fingerprint density at radius 1 is 1.24 bits per heavy atom. The first kappa shape index (κ1) is 13.7. The van der Waals surface area contributed by atoms with Gasteiger partial charge in [-0.15, -0.1) is 0 Å². The van der Waals surface area contributed by atoms with Crippen molar-refractivity contribution in [1.82, 2.24) is 5.32 Å². The molecule has 0 aromatic heterocycles. The lowest BCUT2D eigenvalue weighted by atomic mass is 10.0. The maximum atomic E-state index is 11.8. The first-order valence-corrected chi connectivity index (χ1v) is 6.28. The first-order chi connectivity index (χ1) is 8.25. The van der Waals surface area contributed by atoms with Gasteiger partial charge in [-0.25, -0.2) is 0 Å². The highest BCUT2D eigenvalue weighted by Gasteiger charge is 2.13. The van der Waals surface area contributed by atoms with Crippen LogP contribution in [0.3, 0.4) is 0 Å². The first-order valence-electron chi connectivity index (χ1n) is 6.28. The maximum absolute atomic E-state index is 11.8. The van der Waals surface area contributed by atoms with Crippen LogP contribution < -0.4 is 11.1 Å². The largest absolute Gasteiger partial charge is 0.356 e. The predicted octanol–water partition coefficient (Wildman–Crippen LogP) is 2.04. The molecule has 0 radical (unpaired) electrons. The lowest BCUT2D eigenvalue weighted by Crippen LogP contribution is -2.28. The molecule has 94 valence electrons. The van der Waals surface area contributed by atoms with Crippen molar-refractivity contribution in [3.63, 3.8) is 0 Å². The van der Waals surface area contributed by atoms with E-state index in [1.165, 1.54) is 0 Å². The second-order valence-corrected chi connectivity index (χ2v) is 4.27. The second-order valence-electron chi connectivity index (χ2n) is 4.27. The average Bonchev–Trinajstić information content (AvgIpc) is 2.38. The summed E-state index contributed by atoms with van der Waals surface area (Å²) in [6.45, 7) is 3.41. The van der Waals surface area contributed by atoms with E-state index in [1.807, 2.05) is 37.3 Å². The fourth-order valence-electron chi connectivity index (χ4n) is 1.70. The van der Waals surface area contributed by atoms with Gasteiger partial charge in [0.2, 0.25) is 5.91 Å². The topological polar surface area (TPSA) is 55.1 Å². The molecule has 17 heavy (non-hydrogen) atoms. The van der Waals surface area contributed by atoms with E-state index in [9.17, 15) is 4.79 Å². The molecule has 1 unspecified atom stereocenters. The van der Waals surface area contributed by atoms with E-state index in [0.717, 1.165) is 37.9 Å². The van der Waals surface area contributed by atoms with Crippen LogP contribution in [-0.2, 0) is 4.79 Å². The molecule has 3 nitrogen and oxygen atoms in total. The molecule has 0 aliphatic heterocycles. The van der Waals surface area contributed by atoms with Crippen molar-refractivity contribution in [3.8, 4) is 0 Å². The number of nitrogens with two attached hydrogens (primary N) is 1. The Bertz CT molecular complexity index is 324. The summed E-state index contributed by atoms with van der Waals surface area (Å²) in [5.74, 6) is 0.0228. The van der Waals surface area contributed by atoms with Crippen LogP contribution >= 0.6 is 0 Å². The third-order valence-corrected chi connectivity index (χ3v) is 2.87. The minimum absolute atomic E-state index is 0.0780. The molecule has 0 aliphatic rings. The molecule has 1 aromatic rings. The summed E-state index contributed by atoms with van der Waals surface area (Å²) in [6, 6.07) is 9.85. The van der Waals surface area contributed by atoms with E-state index in [0.29, 0.717) is 0 Å². The molecule has 1 atom stereocenters. The van der Waals surface area contributed by atoms with Crippen molar-refractivity contribution in [2.24, 2.45) is 5.73 Å². The molecule has 1 rings (SSSR count). The molecular weight excluding hydrogens is 212 g/mol. The van der Waals surface area contributed by atoms with E-state index in [1.54, 1.807) is 0 Å². The second kappa shape index (κ2) is 7.85. The molecular formula is C14H22N2O. The van der Waals surface area contributed by atoms with Crippen LogP contribution in [0.4, 0.5) is 0 Å². The van der Waals surface area contributed by atoms with Crippen molar-refractivity contribution in [3.05, 3.63) is 35.9 Å². The van der Waals surface area contributed by atoms with Gasteiger partial charge in [-0.1, -0.05) is 36.8 Å². The zero-order valence-electron chi connectivity index (χ0n) is 10.5. The van der Waals surface area contributed by atoms with Gasteiger partial charge in [-0.2, -0.15) is 0 Å². The van der Waals surface area contributed by atoms with Crippen molar-refractivity contribution < 1.29 is 4.79 Å². The summed E-state index contributed by atoms with van der Waals surface area (Å²) >= 11 is 0. The number of unbranched alkanes of at least 4 members (excludes halogenated alkanes) is 2. The lowest BCUT2D eigenvalue weighted by Gasteiger charge is -2.12. The number of carbonyl (C=O) groups excluding carboxylic acids is 1. The third kappa shape index (κ3) is 5.00. The average molecular weight is 234 g/mol. The molecule has 3 heteroatoms. The number of carbonyl (C=O) groups is 1. The minimum Gasteiger partial charge on any atom is -0.356 e. The van der Waals surface area contributed by atoms with Crippen LogP contribution in [-0.4, -0.2) is 19.0 Å². The van der Waals surface area contributed by atoms with Gasteiger partial charge in [0.05, 0.1) is 5.92 Å². The zero-order chi connectivity index (χ0) is 12.5. The highest BCUT2D eigenvalue weighted by atomic mass is 16.1. The fourth-order valence-corrected chi connectivity index (χ4v) is 1.70. The van der Waals surface area contributed by atoms with Crippen LogP contribution in [0.1, 0.15) is 37.7 Å². The normalized spacial score (nSPS) is 12.1. The zero-order valence-corrected chi connectivity index (χ0v) is 10.5. The molecule has 0 heterocycles. The van der Waals surface area contributed by atoms with E-state index in [2.05, 4.69) is 5.32 Å². The molecule has 0 fully saturated rings. The molecule has 0 saturated carbocycles. The van der Waals surface area contributed by atoms with E-state index >= 15 is 0 Å². The van der Waals surface area contributed by atoms with Crippen LogP contribution in [0.2, 0.25) is 0 Å². The summed E-state index contributed by atoms with van der Waals surface area (Å²) in [5.41, 5.74) is 6.47. The van der Waals surface area contributed by atoms with Gasteiger partial charge in [-0.3, -0.25) is 4.79 Å². The standard InChI is InChI=1S/C14H22N2O/c1-12(13-8-4-2-5-9-13)14(17)16-11-7-3-6-10-15/h2,4-5,8-9,12H,3,6-7,10-11,15H2,1H3,(H,16,17). The number of hydrogen-bond donors (Lipinski definition) is 2. The number of hydrogen-bond acceptors (Lipinski definition) is 2. The molecule has 1 aromatic carbocycles. The highest BCUT2D eigenvalue weighted by molar-refractivity contribution is 5.83. The van der Waals surface area contributed by atoms with E-state index in [4.69, 9.17) is 5.73 Å². The number of rotatable bonds is 7. The quantitative estimate of drug-likeness (QED) is 0.709. The summed E-state index contributed by atoms with van der Waals surface area (Å²) in [7, 11) is 0. The smallest absolute Gasteiger partial charge is 0.227 e. The molecule has 0 saturated heterocycles. The Morgan fingerprint density at radius 3 is 2.59 bits per heavy atom. The molecule has 0 bridgehead atoms. The minimum atomic E-state index is -0.0780. The molecule has 3 N–H and O–H groups in total. The van der Waals surface area contributed by atoms with Crippen LogP contribution in [0.25, 0.3) is 0 Å². The van der Waals surface area contributed by atoms with Gasteiger partial charge in [-0.05, 0) is 31.9 Å². The molecule has 1 amide bonds. The Morgan fingerprint density at radius 2 is 1.94 bits per heavy atom. The van der Waals surface area contributed by atoms with Gasteiger partial charge >= 0.3 is 0 Å². The van der Waals surface area contributed by atoms with Crippen molar-refractivity contribution in [1.29, 1.82) is 0 Å². The molecule has 0 aliphatic carbocycles. The van der Waals surface area contributed by atoms with Gasteiger partial charge in [0.25, 0.3) is 0 Å². The Hall–Kier alpha value is -1.35. The van der Waals surface area contributed by atoms with E-state index < -0.39 is 0 Å². The van der Waals surface area contributed by atoms with Crippen molar-refractivity contribution in [2.75, 3.05) is 13.1 Å². The summed E-state index contributed by atoms with van der Waals surface area (Å²) < 4.78 is 0. The van der Waals surface area contributed by atoms with Gasteiger partial charge in [0, 0.05) is 6.54 Å². The summed E-state index contributed by atoms with van der Waals surface area (Å²) in [4.78, 5) is 11.8. The van der Waals surface area contributed by atoms with Crippen LogP contribution in [0.15, 0.2) is 30.3 Å². The Balaban J connectivity index is 2.28. The Kier molecular flexibility index (Phi) is 6.33. The van der Waals surface area contributed by atoms with Gasteiger partial charge in [0.1, 0.15) is 0 Å². The van der Waals surface area contributed by atoms with Crippen LogP contribution in [0.5, 0.6) is 0 Å². The van der Waals surface area contributed by atoms with Crippen LogP contribution in [0, 0.1) is 0 Å². The van der Waals surface area contributed by atoms with Gasteiger partial charge < -0.3 is 11.1 Å². The monoisotopic (exact) mass is 234 g/mol.